The Balaban J connectivity index is 1.62. The smallest absolute Gasteiger partial charge is 0.262 e. The Labute approximate surface area is 155 Å². The monoisotopic (exact) mass is 347 g/mol. The van der Waals surface area contributed by atoms with Crippen LogP contribution in [0.4, 0.5) is 5.69 Å². The maximum Gasteiger partial charge on any atom is 0.262 e. The molecule has 0 aromatic heterocycles. The summed E-state index contributed by atoms with van der Waals surface area (Å²) in [6.45, 7) is 6.61. The molecule has 0 spiro atoms. The van der Waals surface area contributed by atoms with Crippen molar-refractivity contribution in [3.8, 4) is 5.75 Å². The molecule has 3 rings (SSSR count). The van der Waals surface area contributed by atoms with Gasteiger partial charge in [0, 0.05) is 11.1 Å². The Kier molecular flexibility index (Phi) is 5.27. The van der Waals surface area contributed by atoms with Gasteiger partial charge in [-0.15, -0.1) is 0 Å². The highest BCUT2D eigenvalue weighted by atomic mass is 16.5. The van der Waals surface area contributed by atoms with Crippen LogP contribution in [0.3, 0.4) is 0 Å². The van der Waals surface area contributed by atoms with Crippen molar-refractivity contribution < 1.29 is 9.53 Å². The maximum atomic E-state index is 12.3. The molecular weight excluding hydrogens is 322 g/mol. The van der Waals surface area contributed by atoms with Crippen molar-refractivity contribution in [2.24, 2.45) is 0 Å². The minimum Gasteiger partial charge on any atom is -0.484 e. The zero-order chi connectivity index (χ0) is 18.6. The third-order valence-corrected chi connectivity index (χ3v) is 4.95. The highest BCUT2D eigenvalue weighted by Gasteiger charge is 2.17. The molecule has 134 valence electrons. The lowest BCUT2D eigenvalue weighted by atomic mass is 9.82. The average molecular weight is 347 g/mol. The first-order valence-corrected chi connectivity index (χ1v) is 9.00. The lowest BCUT2D eigenvalue weighted by molar-refractivity contribution is -0.118. The van der Waals surface area contributed by atoms with Crippen LogP contribution in [0.2, 0.25) is 0 Å². The van der Waals surface area contributed by atoms with Crippen molar-refractivity contribution in [1.29, 1.82) is 0 Å². The van der Waals surface area contributed by atoms with E-state index in [1.54, 1.807) is 0 Å². The minimum absolute atomic E-state index is 0.0141. The van der Waals surface area contributed by atoms with Gasteiger partial charge in [0.1, 0.15) is 5.75 Å². The maximum absolute atomic E-state index is 12.3. The Hall–Kier alpha value is -2.81. The number of nitrogens with one attached hydrogen (secondary N) is 1. The predicted molar refractivity (Wildman–Crippen MR) is 108 cm³/mol. The fourth-order valence-corrected chi connectivity index (χ4v) is 2.88. The van der Waals surface area contributed by atoms with Crippen molar-refractivity contribution in [1.82, 2.24) is 0 Å². The van der Waals surface area contributed by atoms with E-state index in [9.17, 15) is 4.79 Å². The summed E-state index contributed by atoms with van der Waals surface area (Å²) in [7, 11) is 0. The van der Waals surface area contributed by atoms with Crippen molar-refractivity contribution in [2.75, 3.05) is 11.9 Å². The second kappa shape index (κ2) is 7.61. The molecular formula is C23H25NO2. The lowest BCUT2D eigenvalue weighted by Crippen LogP contribution is -2.20. The summed E-state index contributed by atoms with van der Waals surface area (Å²) in [6, 6.07) is 21.9. The van der Waals surface area contributed by atoms with Gasteiger partial charge in [-0.2, -0.15) is 0 Å². The second-order valence-electron chi connectivity index (χ2n) is 7.13. The number of fused-ring (bicyclic) bond motifs is 1. The zero-order valence-electron chi connectivity index (χ0n) is 15.6. The molecule has 1 amide bonds. The molecule has 3 aromatic rings. The van der Waals surface area contributed by atoms with Crippen LogP contribution >= 0.6 is 0 Å². The zero-order valence-corrected chi connectivity index (χ0v) is 15.6. The first-order valence-electron chi connectivity index (χ1n) is 9.00. The quantitative estimate of drug-likeness (QED) is 0.635. The van der Waals surface area contributed by atoms with Gasteiger partial charge in [-0.25, -0.2) is 0 Å². The molecule has 0 fully saturated rings. The summed E-state index contributed by atoms with van der Waals surface area (Å²) in [6.07, 6.45) is 1.07. The summed E-state index contributed by atoms with van der Waals surface area (Å²) in [4.78, 5) is 12.3. The van der Waals surface area contributed by atoms with Crippen LogP contribution in [0.25, 0.3) is 10.8 Å². The number of hydrogen-bond donors (Lipinski definition) is 1. The molecule has 26 heavy (non-hydrogen) atoms. The number of benzene rings is 3. The molecule has 0 heterocycles. The first-order chi connectivity index (χ1) is 12.5. The topological polar surface area (TPSA) is 38.3 Å². The van der Waals surface area contributed by atoms with Gasteiger partial charge >= 0.3 is 0 Å². The molecule has 0 saturated carbocycles. The van der Waals surface area contributed by atoms with E-state index in [1.807, 2.05) is 54.6 Å². The fourth-order valence-electron chi connectivity index (χ4n) is 2.88. The van der Waals surface area contributed by atoms with Crippen LogP contribution in [-0.2, 0) is 10.2 Å². The van der Waals surface area contributed by atoms with Gasteiger partial charge in [-0.1, -0.05) is 69.3 Å². The Morgan fingerprint density at radius 2 is 1.65 bits per heavy atom. The van der Waals surface area contributed by atoms with Crippen LogP contribution in [-0.4, -0.2) is 12.5 Å². The summed E-state index contributed by atoms with van der Waals surface area (Å²) < 4.78 is 5.64. The van der Waals surface area contributed by atoms with E-state index in [-0.39, 0.29) is 17.9 Å². The average Bonchev–Trinajstić information content (AvgIpc) is 2.67. The number of ether oxygens (including phenoxy) is 1. The first kappa shape index (κ1) is 18.0. The Morgan fingerprint density at radius 1 is 0.962 bits per heavy atom. The van der Waals surface area contributed by atoms with Gasteiger partial charge < -0.3 is 10.1 Å². The molecule has 0 aliphatic heterocycles. The van der Waals surface area contributed by atoms with Crippen LogP contribution < -0.4 is 10.1 Å². The summed E-state index contributed by atoms with van der Waals surface area (Å²) in [5, 5.41) is 5.06. The van der Waals surface area contributed by atoms with E-state index in [0.717, 1.165) is 22.9 Å². The number of carbonyl (C=O) groups is 1. The molecule has 0 unspecified atom stereocenters. The normalized spacial score (nSPS) is 11.3. The number of hydrogen-bond acceptors (Lipinski definition) is 2. The Bertz CT molecular complexity index is 892. The van der Waals surface area contributed by atoms with E-state index >= 15 is 0 Å². The lowest BCUT2D eigenvalue weighted by Gasteiger charge is -2.23. The summed E-state index contributed by atoms with van der Waals surface area (Å²) in [5.41, 5.74) is 2.22. The largest absolute Gasteiger partial charge is 0.484 e. The van der Waals surface area contributed by atoms with Crippen LogP contribution in [0.15, 0.2) is 66.7 Å². The molecule has 1 N–H and O–H groups in total. The molecule has 0 aliphatic rings. The van der Waals surface area contributed by atoms with Crippen LogP contribution in [0.5, 0.6) is 5.75 Å². The SMILES string of the molecule is CCC(C)(C)c1ccc(OCC(=O)Nc2cccc3ccccc23)cc1. The van der Waals surface area contributed by atoms with E-state index in [1.165, 1.54) is 5.56 Å². The van der Waals surface area contributed by atoms with E-state index < -0.39 is 0 Å². The van der Waals surface area contributed by atoms with Crippen LogP contribution in [0, 0.1) is 0 Å². The van der Waals surface area contributed by atoms with Crippen LogP contribution in [0.1, 0.15) is 32.8 Å². The van der Waals surface area contributed by atoms with Crippen molar-refractivity contribution in [2.45, 2.75) is 32.6 Å². The molecule has 3 aromatic carbocycles. The van der Waals surface area contributed by atoms with Crippen molar-refractivity contribution in [3.63, 3.8) is 0 Å². The number of anilines is 1. The molecule has 3 heteroatoms. The van der Waals surface area contributed by atoms with Gasteiger partial charge in [0.05, 0.1) is 0 Å². The number of rotatable bonds is 6. The van der Waals surface area contributed by atoms with E-state index in [0.29, 0.717) is 5.75 Å². The van der Waals surface area contributed by atoms with Gasteiger partial charge in [0.25, 0.3) is 5.91 Å². The molecule has 0 bridgehead atoms. The molecule has 0 aliphatic carbocycles. The molecule has 0 saturated heterocycles. The molecule has 0 radical (unpaired) electrons. The number of carbonyl (C=O) groups excluding carboxylic acids is 1. The van der Waals surface area contributed by atoms with Gasteiger partial charge in [-0.3, -0.25) is 4.79 Å². The van der Waals surface area contributed by atoms with Crippen molar-refractivity contribution in [3.05, 3.63) is 72.3 Å². The summed E-state index contributed by atoms with van der Waals surface area (Å²) >= 11 is 0. The van der Waals surface area contributed by atoms with Gasteiger partial charge in [0.15, 0.2) is 6.61 Å². The Morgan fingerprint density at radius 3 is 2.38 bits per heavy atom. The highest BCUT2D eigenvalue weighted by molar-refractivity contribution is 6.02. The highest BCUT2D eigenvalue weighted by Crippen LogP contribution is 2.28. The van der Waals surface area contributed by atoms with Crippen molar-refractivity contribution >= 4 is 22.4 Å². The number of amides is 1. The predicted octanol–water partition coefficient (Wildman–Crippen LogP) is 5.54. The van der Waals surface area contributed by atoms with E-state index in [2.05, 4.69) is 38.2 Å². The third kappa shape index (κ3) is 4.05. The molecule has 0 atom stereocenters. The fraction of sp³-hybridized carbons (Fsp3) is 0.261. The third-order valence-electron chi connectivity index (χ3n) is 4.95. The second-order valence-corrected chi connectivity index (χ2v) is 7.13. The standard InChI is InChI=1S/C23H25NO2/c1-4-23(2,3)18-12-14-19(15-13-18)26-16-22(25)24-21-11-7-9-17-8-5-6-10-20(17)21/h5-15H,4,16H2,1-3H3,(H,24,25). The van der Waals surface area contributed by atoms with Gasteiger partial charge in [0.2, 0.25) is 0 Å². The minimum atomic E-state index is -0.167. The van der Waals surface area contributed by atoms with E-state index in [4.69, 9.17) is 4.74 Å². The molecule has 3 nitrogen and oxygen atoms in total. The summed E-state index contributed by atoms with van der Waals surface area (Å²) in [5.74, 6) is 0.535. The van der Waals surface area contributed by atoms with Gasteiger partial charge in [-0.05, 0) is 41.0 Å².